The lowest BCUT2D eigenvalue weighted by molar-refractivity contribution is -0.384. The lowest BCUT2D eigenvalue weighted by Gasteiger charge is -2.13. The molecule has 0 fully saturated rings. The third kappa shape index (κ3) is 3.62. The van der Waals surface area contributed by atoms with Gasteiger partial charge in [0, 0.05) is 24.1 Å². The van der Waals surface area contributed by atoms with Crippen LogP contribution in [0.5, 0.6) is 23.0 Å². The molecule has 3 rings (SSSR count). The number of ether oxygens (including phenoxy) is 4. The highest BCUT2D eigenvalue weighted by Gasteiger charge is 2.24. The van der Waals surface area contributed by atoms with E-state index in [9.17, 15) is 14.9 Å². The Morgan fingerprint density at radius 3 is 2.32 bits per heavy atom. The largest absolute Gasteiger partial charge is 0.493 e. The number of non-ortho nitro benzene ring substituents is 1. The van der Waals surface area contributed by atoms with Gasteiger partial charge in [-0.1, -0.05) is 0 Å². The Morgan fingerprint density at radius 2 is 1.75 bits per heavy atom. The van der Waals surface area contributed by atoms with Crippen LogP contribution < -0.4 is 18.9 Å². The van der Waals surface area contributed by atoms with Crippen molar-refractivity contribution in [2.45, 2.75) is 6.42 Å². The van der Waals surface area contributed by atoms with Gasteiger partial charge in [0.2, 0.25) is 5.75 Å². The van der Waals surface area contributed by atoms with E-state index >= 15 is 0 Å². The molecular formula is C20H19NO7. The maximum Gasteiger partial charge on any atom is 0.270 e. The molecule has 8 heteroatoms. The first kappa shape index (κ1) is 19.2. The maximum absolute atomic E-state index is 13.0. The van der Waals surface area contributed by atoms with Crippen molar-refractivity contribution in [2.24, 2.45) is 0 Å². The number of ketones is 1. The molecule has 1 aliphatic heterocycles. The molecule has 146 valence electrons. The van der Waals surface area contributed by atoms with Gasteiger partial charge in [0.25, 0.3) is 5.69 Å². The lowest BCUT2D eigenvalue weighted by atomic mass is 9.98. The van der Waals surface area contributed by atoms with Gasteiger partial charge in [-0.15, -0.1) is 0 Å². The number of hydrogen-bond acceptors (Lipinski definition) is 7. The van der Waals surface area contributed by atoms with E-state index in [-0.39, 0.29) is 23.6 Å². The maximum atomic E-state index is 13.0. The summed E-state index contributed by atoms with van der Waals surface area (Å²) in [5, 5.41) is 11.1. The number of carbonyl (C=O) groups excluding carboxylic acids is 1. The van der Waals surface area contributed by atoms with Crippen molar-refractivity contribution in [3.05, 3.63) is 57.1 Å². The zero-order valence-corrected chi connectivity index (χ0v) is 15.7. The third-order valence-corrected chi connectivity index (χ3v) is 4.37. The summed E-state index contributed by atoms with van der Waals surface area (Å²) < 4.78 is 21.6. The van der Waals surface area contributed by atoms with Crippen LogP contribution in [0.2, 0.25) is 0 Å². The van der Waals surface area contributed by atoms with Gasteiger partial charge in [-0.3, -0.25) is 14.9 Å². The molecule has 1 aliphatic rings. The Bertz CT molecular complexity index is 940. The van der Waals surface area contributed by atoms with Crippen molar-refractivity contribution in [3.63, 3.8) is 0 Å². The van der Waals surface area contributed by atoms with Crippen molar-refractivity contribution in [2.75, 3.05) is 27.9 Å². The first-order valence-corrected chi connectivity index (χ1v) is 8.45. The molecule has 0 unspecified atom stereocenters. The third-order valence-electron chi connectivity index (χ3n) is 4.37. The minimum Gasteiger partial charge on any atom is -0.493 e. The summed E-state index contributed by atoms with van der Waals surface area (Å²) in [6.45, 7) is 0.285. The number of nitrogens with zero attached hydrogens (tertiary/aromatic N) is 1. The summed E-state index contributed by atoms with van der Waals surface area (Å²) in [7, 11) is 4.52. The number of benzene rings is 2. The molecule has 0 spiro atoms. The molecule has 0 amide bonds. The number of fused-ring (bicyclic) bond motifs is 1. The van der Waals surface area contributed by atoms with Gasteiger partial charge < -0.3 is 18.9 Å². The number of methoxy groups -OCH3 is 3. The van der Waals surface area contributed by atoms with E-state index in [2.05, 4.69) is 0 Å². The normalized spacial score (nSPS) is 14.7. The van der Waals surface area contributed by atoms with Crippen LogP contribution in [0.25, 0.3) is 6.08 Å². The molecule has 0 saturated carbocycles. The van der Waals surface area contributed by atoms with E-state index in [0.717, 1.165) is 0 Å². The van der Waals surface area contributed by atoms with Crippen molar-refractivity contribution in [3.8, 4) is 23.0 Å². The predicted octanol–water partition coefficient (Wildman–Crippen LogP) is 3.67. The van der Waals surface area contributed by atoms with Crippen LogP contribution in [0.1, 0.15) is 22.3 Å². The second kappa shape index (κ2) is 7.99. The fourth-order valence-corrected chi connectivity index (χ4v) is 3.02. The van der Waals surface area contributed by atoms with Crippen LogP contribution in [-0.4, -0.2) is 38.6 Å². The number of carbonyl (C=O) groups is 1. The fourth-order valence-electron chi connectivity index (χ4n) is 3.02. The van der Waals surface area contributed by atoms with Gasteiger partial charge in [0.1, 0.15) is 5.75 Å². The second-order valence-electron chi connectivity index (χ2n) is 5.99. The summed E-state index contributed by atoms with van der Waals surface area (Å²) in [6.07, 6.45) is 2.06. The molecule has 8 nitrogen and oxygen atoms in total. The van der Waals surface area contributed by atoms with Gasteiger partial charge in [0.05, 0.1) is 38.4 Å². The van der Waals surface area contributed by atoms with E-state index in [1.54, 1.807) is 18.2 Å². The zero-order chi connectivity index (χ0) is 20.3. The second-order valence-corrected chi connectivity index (χ2v) is 5.99. The monoisotopic (exact) mass is 385 g/mol. The Hall–Kier alpha value is -3.55. The topological polar surface area (TPSA) is 97.1 Å². The standard InChI is InChI=1S/C20H19NO7/c1-25-17-9-12(10-18(26-2)20(17)27-3)8-13-6-7-28-16-5-4-14(21(23)24)11-15(16)19(13)22/h4-5,8-11H,6-7H2,1-3H3/b13-8+. The zero-order valence-electron chi connectivity index (χ0n) is 15.7. The summed E-state index contributed by atoms with van der Waals surface area (Å²) >= 11 is 0. The van der Waals surface area contributed by atoms with Gasteiger partial charge in [-0.05, 0) is 29.8 Å². The summed E-state index contributed by atoms with van der Waals surface area (Å²) in [5.74, 6) is 1.39. The van der Waals surface area contributed by atoms with E-state index in [4.69, 9.17) is 18.9 Å². The van der Waals surface area contributed by atoms with Crippen LogP contribution in [0, 0.1) is 10.1 Å². The Kier molecular flexibility index (Phi) is 5.49. The summed E-state index contributed by atoms with van der Waals surface area (Å²) in [6, 6.07) is 7.46. The number of Topliss-reactive ketones (excluding diaryl/α,β-unsaturated/α-hetero) is 1. The smallest absolute Gasteiger partial charge is 0.270 e. The molecule has 0 aliphatic carbocycles. The molecule has 2 aromatic carbocycles. The number of rotatable bonds is 5. The van der Waals surface area contributed by atoms with Crippen molar-refractivity contribution in [1.82, 2.24) is 0 Å². The van der Waals surface area contributed by atoms with Gasteiger partial charge >= 0.3 is 0 Å². The highest BCUT2D eigenvalue weighted by molar-refractivity contribution is 6.13. The van der Waals surface area contributed by atoms with E-state index in [1.165, 1.54) is 39.5 Å². The number of hydrogen-bond donors (Lipinski definition) is 0. The minimum absolute atomic E-state index is 0.162. The average Bonchev–Trinajstić information content (AvgIpc) is 2.85. The first-order valence-electron chi connectivity index (χ1n) is 8.45. The molecule has 0 radical (unpaired) electrons. The first-order chi connectivity index (χ1) is 13.5. The van der Waals surface area contributed by atoms with Crippen LogP contribution in [0.15, 0.2) is 35.9 Å². The van der Waals surface area contributed by atoms with Crippen molar-refractivity contribution < 1.29 is 28.7 Å². The highest BCUT2D eigenvalue weighted by Crippen LogP contribution is 2.39. The predicted molar refractivity (Wildman–Crippen MR) is 102 cm³/mol. The van der Waals surface area contributed by atoms with Crippen LogP contribution >= 0.6 is 0 Å². The molecular weight excluding hydrogens is 366 g/mol. The van der Waals surface area contributed by atoms with Crippen molar-refractivity contribution in [1.29, 1.82) is 0 Å². The SMILES string of the molecule is COc1cc(/C=C2\CCOc3ccc([N+](=O)[O-])cc3C2=O)cc(OC)c1OC. The molecule has 0 N–H and O–H groups in total. The molecule has 2 aromatic rings. The Morgan fingerprint density at radius 1 is 1.07 bits per heavy atom. The number of nitro benzene ring substituents is 1. The molecule has 0 atom stereocenters. The van der Waals surface area contributed by atoms with E-state index in [0.29, 0.717) is 40.6 Å². The summed E-state index contributed by atoms with van der Waals surface area (Å²) in [5.41, 5.74) is 1.15. The van der Waals surface area contributed by atoms with Gasteiger partial charge in [0.15, 0.2) is 17.3 Å². The Labute approximate surface area is 161 Å². The molecule has 0 saturated heterocycles. The molecule has 28 heavy (non-hydrogen) atoms. The fraction of sp³-hybridized carbons (Fsp3) is 0.250. The molecule has 0 aromatic heterocycles. The van der Waals surface area contributed by atoms with Gasteiger partial charge in [-0.25, -0.2) is 0 Å². The van der Waals surface area contributed by atoms with E-state index in [1.807, 2.05) is 0 Å². The van der Waals surface area contributed by atoms with Crippen molar-refractivity contribution >= 4 is 17.5 Å². The van der Waals surface area contributed by atoms with Crippen LogP contribution in [0.4, 0.5) is 5.69 Å². The molecule has 0 bridgehead atoms. The highest BCUT2D eigenvalue weighted by atomic mass is 16.6. The van der Waals surface area contributed by atoms with Crippen LogP contribution in [-0.2, 0) is 0 Å². The van der Waals surface area contributed by atoms with Crippen LogP contribution in [0.3, 0.4) is 0 Å². The van der Waals surface area contributed by atoms with Gasteiger partial charge in [-0.2, -0.15) is 0 Å². The lowest BCUT2D eigenvalue weighted by Crippen LogP contribution is -2.03. The minimum atomic E-state index is -0.541. The van der Waals surface area contributed by atoms with E-state index < -0.39 is 4.92 Å². The summed E-state index contributed by atoms with van der Waals surface area (Å²) in [4.78, 5) is 23.5. The average molecular weight is 385 g/mol. The molecule has 1 heterocycles. The quantitative estimate of drug-likeness (QED) is 0.440. The number of nitro groups is 1. The Balaban J connectivity index is 2.06.